The summed E-state index contributed by atoms with van der Waals surface area (Å²) in [5.74, 6) is 0. The predicted octanol–water partition coefficient (Wildman–Crippen LogP) is 1.69. The third-order valence-corrected chi connectivity index (χ3v) is 4.05. The standard InChI is InChI=1S/C12H20N2OS/c1-14(9-10-4-3-7-16-10)11(8-13)12-5-2-6-15-12/h3-4,7,11-12H,2,5-6,8-9,13H2,1H3. The Labute approximate surface area is 101 Å². The molecule has 0 spiro atoms. The number of rotatable bonds is 5. The molecule has 0 aromatic carbocycles. The molecule has 1 aliphatic rings. The molecule has 16 heavy (non-hydrogen) atoms. The van der Waals surface area contributed by atoms with Gasteiger partial charge in [-0.15, -0.1) is 11.3 Å². The molecule has 2 unspecified atom stereocenters. The van der Waals surface area contributed by atoms with E-state index in [1.54, 1.807) is 11.3 Å². The van der Waals surface area contributed by atoms with Crippen LogP contribution in [0, 0.1) is 0 Å². The van der Waals surface area contributed by atoms with Crippen molar-refractivity contribution in [2.45, 2.75) is 31.5 Å². The summed E-state index contributed by atoms with van der Waals surface area (Å²) in [4.78, 5) is 3.71. The monoisotopic (exact) mass is 240 g/mol. The maximum atomic E-state index is 5.86. The van der Waals surface area contributed by atoms with Crippen LogP contribution in [0.1, 0.15) is 17.7 Å². The highest BCUT2D eigenvalue weighted by Gasteiger charge is 2.27. The zero-order valence-electron chi connectivity index (χ0n) is 9.76. The maximum Gasteiger partial charge on any atom is 0.0743 e. The second kappa shape index (κ2) is 5.77. The number of thiophene rings is 1. The first-order valence-electron chi connectivity index (χ1n) is 5.85. The molecule has 1 fully saturated rings. The Hall–Kier alpha value is -0.420. The summed E-state index contributed by atoms with van der Waals surface area (Å²) in [5.41, 5.74) is 5.86. The Bertz CT molecular complexity index is 296. The van der Waals surface area contributed by atoms with Gasteiger partial charge in [-0.1, -0.05) is 6.07 Å². The van der Waals surface area contributed by atoms with Gasteiger partial charge in [-0.05, 0) is 31.3 Å². The summed E-state index contributed by atoms with van der Waals surface area (Å²) in [5, 5.41) is 2.12. The number of nitrogens with zero attached hydrogens (tertiary/aromatic N) is 1. The third-order valence-electron chi connectivity index (χ3n) is 3.19. The van der Waals surface area contributed by atoms with Gasteiger partial charge in [0.05, 0.1) is 6.10 Å². The van der Waals surface area contributed by atoms with E-state index in [4.69, 9.17) is 10.5 Å². The van der Waals surface area contributed by atoms with Crippen LogP contribution in [0.4, 0.5) is 0 Å². The molecule has 2 N–H and O–H groups in total. The molecule has 0 aliphatic carbocycles. The molecule has 90 valence electrons. The van der Waals surface area contributed by atoms with Gasteiger partial charge in [0, 0.05) is 30.6 Å². The summed E-state index contributed by atoms with van der Waals surface area (Å²) in [6.07, 6.45) is 2.65. The molecule has 3 nitrogen and oxygen atoms in total. The lowest BCUT2D eigenvalue weighted by molar-refractivity contribution is 0.0350. The van der Waals surface area contributed by atoms with E-state index in [0.29, 0.717) is 18.7 Å². The Morgan fingerprint density at radius 1 is 1.69 bits per heavy atom. The second-order valence-electron chi connectivity index (χ2n) is 4.35. The number of likely N-dealkylation sites (N-methyl/N-ethyl adjacent to an activating group) is 1. The molecule has 2 rings (SSSR count). The number of hydrogen-bond donors (Lipinski definition) is 1. The van der Waals surface area contributed by atoms with Gasteiger partial charge in [0.15, 0.2) is 0 Å². The van der Waals surface area contributed by atoms with Gasteiger partial charge in [-0.3, -0.25) is 4.90 Å². The van der Waals surface area contributed by atoms with Crippen molar-refractivity contribution in [3.05, 3.63) is 22.4 Å². The van der Waals surface area contributed by atoms with Crippen LogP contribution in [0.3, 0.4) is 0 Å². The van der Waals surface area contributed by atoms with Crippen molar-refractivity contribution in [1.82, 2.24) is 4.90 Å². The Balaban J connectivity index is 1.92. The molecule has 0 saturated carbocycles. The number of ether oxygens (including phenoxy) is 1. The fourth-order valence-corrected chi connectivity index (χ4v) is 3.05. The zero-order valence-corrected chi connectivity index (χ0v) is 10.6. The van der Waals surface area contributed by atoms with Gasteiger partial charge >= 0.3 is 0 Å². The van der Waals surface area contributed by atoms with Crippen LogP contribution >= 0.6 is 11.3 Å². The van der Waals surface area contributed by atoms with Crippen molar-refractivity contribution < 1.29 is 4.74 Å². The van der Waals surface area contributed by atoms with Crippen LogP contribution in [-0.2, 0) is 11.3 Å². The summed E-state index contributed by atoms with van der Waals surface area (Å²) in [6, 6.07) is 4.62. The molecule has 2 atom stereocenters. The van der Waals surface area contributed by atoms with Gasteiger partial charge in [0.2, 0.25) is 0 Å². The topological polar surface area (TPSA) is 38.5 Å². The molecule has 1 aromatic heterocycles. The van der Waals surface area contributed by atoms with Crippen molar-refractivity contribution in [3.63, 3.8) is 0 Å². The lowest BCUT2D eigenvalue weighted by Crippen LogP contribution is -2.45. The normalized spacial score (nSPS) is 22.8. The van der Waals surface area contributed by atoms with Gasteiger partial charge in [0.25, 0.3) is 0 Å². The van der Waals surface area contributed by atoms with Crippen molar-refractivity contribution >= 4 is 11.3 Å². The van der Waals surface area contributed by atoms with Gasteiger partial charge in [-0.2, -0.15) is 0 Å². The minimum absolute atomic E-state index is 0.329. The molecule has 1 aromatic rings. The minimum Gasteiger partial charge on any atom is -0.377 e. The molecular formula is C12H20N2OS. The number of hydrogen-bond acceptors (Lipinski definition) is 4. The van der Waals surface area contributed by atoms with Gasteiger partial charge < -0.3 is 10.5 Å². The summed E-state index contributed by atoms with van der Waals surface area (Å²) >= 11 is 1.80. The predicted molar refractivity (Wildman–Crippen MR) is 67.6 cm³/mol. The Kier molecular flexibility index (Phi) is 4.35. The second-order valence-corrected chi connectivity index (χ2v) is 5.38. The van der Waals surface area contributed by atoms with E-state index in [1.807, 2.05) is 0 Å². The third kappa shape index (κ3) is 2.83. The molecule has 4 heteroatoms. The highest BCUT2D eigenvalue weighted by atomic mass is 32.1. The minimum atomic E-state index is 0.329. The lowest BCUT2D eigenvalue weighted by Gasteiger charge is -2.30. The van der Waals surface area contributed by atoms with Crippen molar-refractivity contribution in [2.24, 2.45) is 5.73 Å². The fraction of sp³-hybridized carbons (Fsp3) is 0.667. The maximum absolute atomic E-state index is 5.86. The van der Waals surface area contributed by atoms with Crippen LogP contribution in [-0.4, -0.2) is 37.2 Å². The van der Waals surface area contributed by atoms with Crippen LogP contribution < -0.4 is 5.73 Å². The summed E-state index contributed by atoms with van der Waals surface area (Å²) < 4.78 is 5.73. The quantitative estimate of drug-likeness (QED) is 0.851. The highest BCUT2D eigenvalue weighted by molar-refractivity contribution is 7.09. The molecule has 1 saturated heterocycles. The van der Waals surface area contributed by atoms with Crippen molar-refractivity contribution in [2.75, 3.05) is 20.2 Å². The zero-order chi connectivity index (χ0) is 11.4. The summed E-state index contributed by atoms with van der Waals surface area (Å²) in [7, 11) is 2.14. The largest absolute Gasteiger partial charge is 0.377 e. The van der Waals surface area contributed by atoms with E-state index < -0.39 is 0 Å². The SMILES string of the molecule is CN(Cc1cccs1)C(CN)C1CCCO1. The molecule has 1 aliphatic heterocycles. The van der Waals surface area contributed by atoms with Crippen LogP contribution in [0.5, 0.6) is 0 Å². The molecule has 0 radical (unpaired) electrons. The first-order valence-corrected chi connectivity index (χ1v) is 6.73. The van der Waals surface area contributed by atoms with E-state index >= 15 is 0 Å². The first-order chi connectivity index (χ1) is 7.81. The van der Waals surface area contributed by atoms with Crippen LogP contribution in [0.2, 0.25) is 0 Å². The molecule has 0 amide bonds. The smallest absolute Gasteiger partial charge is 0.0743 e. The van der Waals surface area contributed by atoms with E-state index in [0.717, 1.165) is 19.6 Å². The van der Waals surface area contributed by atoms with E-state index in [2.05, 4.69) is 29.5 Å². The lowest BCUT2D eigenvalue weighted by atomic mass is 10.1. The van der Waals surface area contributed by atoms with E-state index in [9.17, 15) is 0 Å². The van der Waals surface area contributed by atoms with Gasteiger partial charge in [0.1, 0.15) is 0 Å². The van der Waals surface area contributed by atoms with Gasteiger partial charge in [-0.25, -0.2) is 0 Å². The highest BCUT2D eigenvalue weighted by Crippen LogP contribution is 2.20. The average molecular weight is 240 g/mol. The van der Waals surface area contributed by atoms with E-state index in [-0.39, 0.29) is 0 Å². The van der Waals surface area contributed by atoms with Crippen LogP contribution in [0.25, 0.3) is 0 Å². The van der Waals surface area contributed by atoms with E-state index in [1.165, 1.54) is 11.3 Å². The Morgan fingerprint density at radius 2 is 2.56 bits per heavy atom. The van der Waals surface area contributed by atoms with Crippen molar-refractivity contribution in [1.29, 1.82) is 0 Å². The number of nitrogens with two attached hydrogens (primary N) is 1. The molecule has 0 bridgehead atoms. The Morgan fingerprint density at radius 3 is 3.12 bits per heavy atom. The fourth-order valence-electron chi connectivity index (χ4n) is 2.29. The average Bonchev–Trinajstić information content (AvgIpc) is 2.91. The van der Waals surface area contributed by atoms with Crippen molar-refractivity contribution in [3.8, 4) is 0 Å². The molecular weight excluding hydrogens is 220 g/mol. The first kappa shape index (κ1) is 12.0. The van der Waals surface area contributed by atoms with Crippen LogP contribution in [0.15, 0.2) is 17.5 Å². The summed E-state index contributed by atoms with van der Waals surface area (Å²) in [6.45, 7) is 2.54. The molecule has 2 heterocycles.